The first-order valence-electron chi connectivity index (χ1n) is 6.78. The van der Waals surface area contributed by atoms with Crippen molar-refractivity contribution in [1.82, 2.24) is 9.97 Å². The molecule has 1 aromatic rings. The van der Waals surface area contributed by atoms with E-state index in [0.717, 1.165) is 25.8 Å². The molecular weight excluding hydrogens is 247 g/mol. The van der Waals surface area contributed by atoms with Gasteiger partial charge in [0.2, 0.25) is 5.95 Å². The van der Waals surface area contributed by atoms with Crippen LogP contribution in [0.4, 0.5) is 16.2 Å². The Balaban J connectivity index is 2.43. The fourth-order valence-electron chi connectivity index (χ4n) is 1.56. The highest BCUT2D eigenvalue weighted by atomic mass is 19.1. The van der Waals surface area contributed by atoms with Crippen LogP contribution in [0.1, 0.15) is 33.1 Å². The van der Waals surface area contributed by atoms with Gasteiger partial charge in [0.1, 0.15) is 0 Å². The Bertz CT molecular complexity index is 376. The minimum atomic E-state index is -0.447. The second-order valence-corrected chi connectivity index (χ2v) is 4.67. The highest BCUT2D eigenvalue weighted by molar-refractivity contribution is 5.40. The minimum absolute atomic E-state index is 0.187. The molecule has 0 fully saturated rings. The quantitative estimate of drug-likeness (QED) is 0.600. The van der Waals surface area contributed by atoms with Gasteiger partial charge in [-0.3, -0.25) is 0 Å². The SMILES string of the molecule is CCCNc1ncc(F)c(NCCCC(C)CO)n1. The molecule has 1 atom stereocenters. The van der Waals surface area contributed by atoms with Crippen LogP contribution in [0.3, 0.4) is 0 Å². The Morgan fingerprint density at radius 3 is 2.84 bits per heavy atom. The van der Waals surface area contributed by atoms with Gasteiger partial charge in [0, 0.05) is 19.7 Å². The molecule has 0 spiro atoms. The first kappa shape index (κ1) is 15.6. The molecule has 19 heavy (non-hydrogen) atoms. The maximum atomic E-state index is 13.5. The van der Waals surface area contributed by atoms with Crippen molar-refractivity contribution in [1.29, 1.82) is 0 Å². The van der Waals surface area contributed by atoms with Crippen LogP contribution < -0.4 is 10.6 Å². The van der Waals surface area contributed by atoms with Crippen molar-refractivity contribution in [2.75, 3.05) is 30.3 Å². The molecule has 1 rings (SSSR count). The zero-order valence-electron chi connectivity index (χ0n) is 11.6. The van der Waals surface area contributed by atoms with E-state index in [-0.39, 0.29) is 18.3 Å². The van der Waals surface area contributed by atoms with Gasteiger partial charge in [-0.15, -0.1) is 0 Å². The number of nitrogens with one attached hydrogen (secondary N) is 2. The summed E-state index contributed by atoms with van der Waals surface area (Å²) in [7, 11) is 0. The van der Waals surface area contributed by atoms with Crippen molar-refractivity contribution >= 4 is 11.8 Å². The van der Waals surface area contributed by atoms with E-state index >= 15 is 0 Å². The number of hydrogen-bond acceptors (Lipinski definition) is 5. The number of anilines is 2. The summed E-state index contributed by atoms with van der Waals surface area (Å²) in [5.41, 5.74) is 0. The molecule has 0 aromatic carbocycles. The molecule has 0 bridgehead atoms. The summed E-state index contributed by atoms with van der Waals surface area (Å²) in [5, 5.41) is 14.9. The molecule has 3 N–H and O–H groups in total. The number of halogens is 1. The lowest BCUT2D eigenvalue weighted by molar-refractivity contribution is 0.229. The summed E-state index contributed by atoms with van der Waals surface area (Å²) >= 11 is 0. The molecular formula is C13H23FN4O. The fourth-order valence-corrected chi connectivity index (χ4v) is 1.56. The smallest absolute Gasteiger partial charge is 0.224 e. The molecule has 1 aromatic heterocycles. The topological polar surface area (TPSA) is 70.1 Å². The molecule has 1 heterocycles. The molecule has 0 aliphatic rings. The van der Waals surface area contributed by atoms with Gasteiger partial charge in [0.15, 0.2) is 11.6 Å². The zero-order chi connectivity index (χ0) is 14.1. The van der Waals surface area contributed by atoms with Gasteiger partial charge in [0.25, 0.3) is 0 Å². The molecule has 5 nitrogen and oxygen atoms in total. The monoisotopic (exact) mass is 270 g/mol. The van der Waals surface area contributed by atoms with Gasteiger partial charge in [-0.1, -0.05) is 13.8 Å². The lowest BCUT2D eigenvalue weighted by Crippen LogP contribution is -2.11. The van der Waals surface area contributed by atoms with Crippen molar-refractivity contribution in [2.24, 2.45) is 5.92 Å². The molecule has 0 aliphatic carbocycles. The molecule has 0 amide bonds. The third-order valence-electron chi connectivity index (χ3n) is 2.76. The van der Waals surface area contributed by atoms with Gasteiger partial charge in [-0.25, -0.2) is 9.37 Å². The van der Waals surface area contributed by atoms with Gasteiger partial charge in [-0.05, 0) is 25.2 Å². The summed E-state index contributed by atoms with van der Waals surface area (Å²) in [4.78, 5) is 7.96. The number of rotatable bonds is 9. The highest BCUT2D eigenvalue weighted by Gasteiger charge is 2.06. The molecule has 0 saturated carbocycles. The van der Waals surface area contributed by atoms with Crippen molar-refractivity contribution < 1.29 is 9.50 Å². The number of aliphatic hydroxyl groups excluding tert-OH is 1. The predicted molar refractivity (Wildman–Crippen MR) is 74.7 cm³/mol. The second kappa shape index (κ2) is 8.63. The number of aliphatic hydroxyl groups is 1. The normalized spacial score (nSPS) is 12.2. The van der Waals surface area contributed by atoms with E-state index in [4.69, 9.17) is 5.11 Å². The summed E-state index contributed by atoms with van der Waals surface area (Å²) in [5.74, 6) is 0.496. The number of aromatic nitrogens is 2. The average molecular weight is 270 g/mol. The molecule has 0 saturated heterocycles. The Morgan fingerprint density at radius 1 is 1.37 bits per heavy atom. The van der Waals surface area contributed by atoms with Crippen LogP contribution in [0.2, 0.25) is 0 Å². The average Bonchev–Trinajstić information content (AvgIpc) is 2.43. The van der Waals surface area contributed by atoms with E-state index in [1.54, 1.807) is 0 Å². The molecule has 0 aliphatic heterocycles. The fraction of sp³-hybridized carbons (Fsp3) is 0.692. The Labute approximate surface area is 113 Å². The summed E-state index contributed by atoms with van der Waals surface area (Å²) in [6.07, 6.45) is 3.90. The first-order valence-corrected chi connectivity index (χ1v) is 6.78. The van der Waals surface area contributed by atoms with Crippen molar-refractivity contribution in [3.63, 3.8) is 0 Å². The standard InChI is InChI=1S/C13H23FN4O/c1-3-6-16-13-17-8-11(14)12(18-13)15-7-4-5-10(2)9-19/h8,10,19H,3-7,9H2,1-2H3,(H2,15,16,17,18). The largest absolute Gasteiger partial charge is 0.396 e. The van der Waals surface area contributed by atoms with Crippen molar-refractivity contribution in [3.05, 3.63) is 12.0 Å². The van der Waals surface area contributed by atoms with E-state index in [0.29, 0.717) is 12.5 Å². The number of nitrogens with zero attached hydrogens (tertiary/aromatic N) is 2. The maximum absolute atomic E-state index is 13.5. The predicted octanol–water partition coefficient (Wildman–Crippen LogP) is 2.26. The minimum Gasteiger partial charge on any atom is -0.396 e. The zero-order valence-corrected chi connectivity index (χ0v) is 11.6. The molecule has 6 heteroatoms. The van der Waals surface area contributed by atoms with E-state index in [1.807, 2.05) is 13.8 Å². The first-order chi connectivity index (χ1) is 9.17. The van der Waals surface area contributed by atoms with Crippen molar-refractivity contribution in [2.45, 2.75) is 33.1 Å². The van der Waals surface area contributed by atoms with Gasteiger partial charge in [-0.2, -0.15) is 4.98 Å². The summed E-state index contributed by atoms with van der Waals surface area (Å²) in [6.45, 7) is 5.60. The second-order valence-electron chi connectivity index (χ2n) is 4.67. The van der Waals surface area contributed by atoms with E-state index in [2.05, 4.69) is 20.6 Å². The third kappa shape index (κ3) is 5.83. The van der Waals surface area contributed by atoms with E-state index in [9.17, 15) is 4.39 Å². The highest BCUT2D eigenvalue weighted by Crippen LogP contribution is 2.12. The third-order valence-corrected chi connectivity index (χ3v) is 2.76. The van der Waals surface area contributed by atoms with Crippen LogP contribution in [0.5, 0.6) is 0 Å². The maximum Gasteiger partial charge on any atom is 0.224 e. The Kier molecular flexibility index (Phi) is 7.10. The van der Waals surface area contributed by atoms with Gasteiger partial charge < -0.3 is 15.7 Å². The van der Waals surface area contributed by atoms with Crippen LogP contribution in [0.15, 0.2) is 6.20 Å². The summed E-state index contributed by atoms with van der Waals surface area (Å²) in [6, 6.07) is 0. The van der Waals surface area contributed by atoms with Crippen LogP contribution in [-0.4, -0.2) is 34.8 Å². The molecule has 1 unspecified atom stereocenters. The van der Waals surface area contributed by atoms with Crippen LogP contribution in [-0.2, 0) is 0 Å². The molecule has 108 valence electrons. The lowest BCUT2D eigenvalue weighted by atomic mass is 10.1. The van der Waals surface area contributed by atoms with Crippen LogP contribution in [0, 0.1) is 11.7 Å². The van der Waals surface area contributed by atoms with Crippen molar-refractivity contribution in [3.8, 4) is 0 Å². The van der Waals surface area contributed by atoms with E-state index < -0.39 is 5.82 Å². The summed E-state index contributed by atoms with van der Waals surface area (Å²) < 4.78 is 13.5. The van der Waals surface area contributed by atoms with E-state index in [1.165, 1.54) is 6.20 Å². The van der Waals surface area contributed by atoms with Crippen LogP contribution >= 0.6 is 0 Å². The lowest BCUT2D eigenvalue weighted by Gasteiger charge is -2.10. The van der Waals surface area contributed by atoms with Gasteiger partial charge >= 0.3 is 0 Å². The number of hydrogen-bond donors (Lipinski definition) is 3. The van der Waals surface area contributed by atoms with Gasteiger partial charge in [0.05, 0.1) is 6.20 Å². The Morgan fingerprint density at radius 2 is 2.16 bits per heavy atom. The molecule has 0 radical (unpaired) electrons. The van der Waals surface area contributed by atoms with Crippen LogP contribution in [0.25, 0.3) is 0 Å². The Hall–Kier alpha value is -1.43.